The lowest BCUT2D eigenvalue weighted by Gasteiger charge is -1.96. The fourth-order valence-corrected chi connectivity index (χ4v) is 2.78. The topological polar surface area (TPSA) is 50.9 Å². The molecule has 74 valence electrons. The smallest absolute Gasteiger partial charge is 0.197 e. The lowest BCUT2D eigenvalue weighted by atomic mass is 10.4. The van der Waals surface area contributed by atoms with Gasteiger partial charge in [0.1, 0.15) is 0 Å². The lowest BCUT2D eigenvalue weighted by molar-refractivity contribution is 0.896. The first kappa shape index (κ1) is 10.8. The molecule has 1 aromatic rings. The van der Waals surface area contributed by atoms with E-state index in [0.717, 1.165) is 10.9 Å². The molecule has 0 aliphatic heterocycles. The predicted octanol–water partition coefficient (Wildman–Crippen LogP) is 2.46. The second kappa shape index (κ2) is 6.23. The summed E-state index contributed by atoms with van der Waals surface area (Å²) in [5, 5.41) is 0.797. The first-order valence-electron chi connectivity index (χ1n) is 4.36. The van der Waals surface area contributed by atoms with Gasteiger partial charge in [-0.3, -0.25) is 5.43 Å². The molecule has 0 aromatic carbocycles. The Morgan fingerprint density at radius 3 is 3.15 bits per heavy atom. The summed E-state index contributed by atoms with van der Waals surface area (Å²) in [4.78, 5) is 5.39. The van der Waals surface area contributed by atoms with Crippen LogP contribution in [0.5, 0.6) is 0 Å². The number of thiazole rings is 1. The van der Waals surface area contributed by atoms with E-state index in [-0.39, 0.29) is 0 Å². The van der Waals surface area contributed by atoms with Crippen molar-refractivity contribution in [3.8, 4) is 0 Å². The van der Waals surface area contributed by atoms with Gasteiger partial charge < -0.3 is 0 Å². The minimum atomic E-state index is 0.797. The summed E-state index contributed by atoms with van der Waals surface area (Å²) >= 11 is 3.58. The van der Waals surface area contributed by atoms with E-state index >= 15 is 0 Å². The van der Waals surface area contributed by atoms with E-state index in [4.69, 9.17) is 5.84 Å². The molecule has 1 rings (SSSR count). The van der Waals surface area contributed by atoms with Crippen LogP contribution < -0.4 is 11.3 Å². The molecule has 3 nitrogen and oxygen atoms in total. The Labute approximate surface area is 87.1 Å². The van der Waals surface area contributed by atoms with Crippen molar-refractivity contribution >= 4 is 28.2 Å². The van der Waals surface area contributed by atoms with Crippen molar-refractivity contribution in [2.75, 3.05) is 11.2 Å². The second-order valence-electron chi connectivity index (χ2n) is 2.68. The van der Waals surface area contributed by atoms with Crippen LogP contribution in [0.4, 0.5) is 5.13 Å². The van der Waals surface area contributed by atoms with Crippen LogP contribution in [0.1, 0.15) is 24.6 Å². The van der Waals surface area contributed by atoms with Gasteiger partial charge in [0, 0.05) is 16.8 Å². The van der Waals surface area contributed by atoms with Gasteiger partial charge >= 0.3 is 0 Å². The van der Waals surface area contributed by atoms with Crippen molar-refractivity contribution in [3.63, 3.8) is 0 Å². The molecule has 0 saturated heterocycles. The summed E-state index contributed by atoms with van der Waals surface area (Å²) in [6.07, 6.45) is 4.45. The van der Waals surface area contributed by atoms with Gasteiger partial charge in [0.15, 0.2) is 5.13 Å². The Hall–Kier alpha value is -0.260. The molecule has 0 aliphatic carbocycles. The minimum Gasteiger partial charge on any atom is -0.300 e. The third-order valence-corrected chi connectivity index (χ3v) is 3.77. The van der Waals surface area contributed by atoms with Gasteiger partial charge in [0.05, 0.1) is 0 Å². The third kappa shape index (κ3) is 3.97. The van der Waals surface area contributed by atoms with Gasteiger partial charge in [-0.15, -0.1) is 11.3 Å². The van der Waals surface area contributed by atoms with Crippen LogP contribution in [0.25, 0.3) is 0 Å². The molecule has 0 saturated carbocycles. The Bertz CT molecular complexity index is 237. The van der Waals surface area contributed by atoms with Crippen LogP contribution in [0.2, 0.25) is 0 Å². The summed E-state index contributed by atoms with van der Waals surface area (Å²) in [5.74, 6) is 7.52. The molecule has 1 aromatic heterocycles. The third-order valence-electron chi connectivity index (χ3n) is 1.56. The Morgan fingerprint density at radius 1 is 1.69 bits per heavy atom. The van der Waals surface area contributed by atoms with Crippen LogP contribution in [0.15, 0.2) is 6.20 Å². The Morgan fingerprint density at radius 2 is 2.54 bits per heavy atom. The maximum absolute atomic E-state index is 5.23. The second-order valence-corrected chi connectivity index (χ2v) is 4.90. The molecule has 5 heteroatoms. The zero-order valence-electron chi connectivity index (χ0n) is 7.75. The largest absolute Gasteiger partial charge is 0.300 e. The van der Waals surface area contributed by atoms with Crippen molar-refractivity contribution in [3.05, 3.63) is 11.1 Å². The highest BCUT2D eigenvalue weighted by atomic mass is 32.2. The monoisotopic (exact) mass is 217 g/mol. The molecule has 0 amide bonds. The molecule has 13 heavy (non-hydrogen) atoms. The first-order valence-corrected chi connectivity index (χ1v) is 6.33. The fourth-order valence-electron chi connectivity index (χ4n) is 0.860. The van der Waals surface area contributed by atoms with E-state index in [2.05, 4.69) is 17.3 Å². The summed E-state index contributed by atoms with van der Waals surface area (Å²) < 4.78 is 0. The lowest BCUT2D eigenvalue weighted by Crippen LogP contribution is -2.05. The van der Waals surface area contributed by atoms with Crippen LogP contribution >= 0.6 is 23.1 Å². The minimum absolute atomic E-state index is 0.797. The molecule has 0 radical (unpaired) electrons. The number of nitrogens with one attached hydrogen (secondary N) is 1. The van der Waals surface area contributed by atoms with E-state index in [1.807, 2.05) is 18.0 Å². The average molecular weight is 217 g/mol. The number of nitrogen functional groups attached to an aromatic ring is 1. The normalized spacial score (nSPS) is 10.3. The van der Waals surface area contributed by atoms with Gasteiger partial charge in [-0.05, 0) is 12.2 Å². The fraction of sp³-hybridized carbons (Fsp3) is 0.625. The number of anilines is 1. The van der Waals surface area contributed by atoms with Gasteiger partial charge in [-0.1, -0.05) is 13.3 Å². The van der Waals surface area contributed by atoms with Crippen molar-refractivity contribution in [1.29, 1.82) is 0 Å². The standard InChI is InChI=1S/C8H15N3S2/c1-2-3-4-12-6-7-5-10-8(11-9)13-7/h5H,2-4,6,9H2,1H3,(H,10,11). The number of nitrogens with two attached hydrogens (primary N) is 1. The Kier molecular flexibility index (Phi) is 5.19. The SMILES string of the molecule is CCCCSCc1cnc(NN)s1. The zero-order chi connectivity index (χ0) is 9.52. The zero-order valence-corrected chi connectivity index (χ0v) is 9.38. The highest BCUT2D eigenvalue weighted by Crippen LogP contribution is 2.22. The van der Waals surface area contributed by atoms with Crippen molar-refractivity contribution < 1.29 is 0 Å². The molecular weight excluding hydrogens is 202 g/mol. The van der Waals surface area contributed by atoms with Crippen LogP contribution in [-0.4, -0.2) is 10.7 Å². The molecule has 1 heterocycles. The number of hydrazine groups is 1. The summed E-state index contributed by atoms with van der Waals surface area (Å²) in [6.45, 7) is 2.21. The first-order chi connectivity index (χ1) is 6.36. The highest BCUT2D eigenvalue weighted by molar-refractivity contribution is 7.98. The molecule has 0 unspecified atom stereocenters. The van der Waals surface area contributed by atoms with E-state index in [1.165, 1.54) is 23.5 Å². The maximum Gasteiger partial charge on any atom is 0.197 e. The number of nitrogens with zero attached hydrogens (tertiary/aromatic N) is 1. The van der Waals surface area contributed by atoms with Gasteiger partial charge in [0.2, 0.25) is 0 Å². The number of aromatic nitrogens is 1. The molecule has 0 bridgehead atoms. The molecular formula is C8H15N3S2. The number of rotatable bonds is 6. The number of hydrogen-bond donors (Lipinski definition) is 2. The van der Waals surface area contributed by atoms with Crippen LogP contribution in [0, 0.1) is 0 Å². The van der Waals surface area contributed by atoms with E-state index in [0.29, 0.717) is 0 Å². The molecule has 0 spiro atoms. The maximum atomic E-state index is 5.23. The van der Waals surface area contributed by atoms with E-state index in [1.54, 1.807) is 11.3 Å². The quantitative estimate of drug-likeness (QED) is 0.436. The summed E-state index contributed by atoms with van der Waals surface area (Å²) in [5.41, 5.74) is 2.55. The Balaban J connectivity index is 2.20. The number of unbranched alkanes of at least 4 members (excludes halogenated alkanes) is 1. The molecule has 0 atom stereocenters. The van der Waals surface area contributed by atoms with Crippen LogP contribution in [-0.2, 0) is 5.75 Å². The molecule has 0 fully saturated rings. The number of hydrogen-bond acceptors (Lipinski definition) is 5. The summed E-state index contributed by atoms with van der Waals surface area (Å²) in [7, 11) is 0. The van der Waals surface area contributed by atoms with Gasteiger partial charge in [-0.2, -0.15) is 11.8 Å². The van der Waals surface area contributed by atoms with Gasteiger partial charge in [-0.25, -0.2) is 10.8 Å². The van der Waals surface area contributed by atoms with E-state index < -0.39 is 0 Å². The van der Waals surface area contributed by atoms with E-state index in [9.17, 15) is 0 Å². The van der Waals surface area contributed by atoms with Crippen LogP contribution in [0.3, 0.4) is 0 Å². The number of thioether (sulfide) groups is 1. The van der Waals surface area contributed by atoms with Gasteiger partial charge in [0.25, 0.3) is 0 Å². The van der Waals surface area contributed by atoms with Crippen molar-refractivity contribution in [1.82, 2.24) is 4.98 Å². The summed E-state index contributed by atoms with van der Waals surface area (Å²) in [6, 6.07) is 0. The van der Waals surface area contributed by atoms with Crippen molar-refractivity contribution in [2.24, 2.45) is 5.84 Å². The van der Waals surface area contributed by atoms with Crippen molar-refractivity contribution in [2.45, 2.75) is 25.5 Å². The molecule has 3 N–H and O–H groups in total. The predicted molar refractivity (Wildman–Crippen MR) is 61.0 cm³/mol. The highest BCUT2D eigenvalue weighted by Gasteiger charge is 1.99. The molecule has 0 aliphatic rings. The average Bonchev–Trinajstić information content (AvgIpc) is 2.60.